The molecular formula is C20H28ClN3OS. The van der Waals surface area contributed by atoms with E-state index in [-0.39, 0.29) is 17.4 Å². The molecule has 1 amide bonds. The summed E-state index contributed by atoms with van der Waals surface area (Å²) >= 11 is 11.7. The number of piperidine rings is 2. The highest BCUT2D eigenvalue weighted by Crippen LogP contribution is 2.35. The molecule has 0 aromatic heterocycles. The summed E-state index contributed by atoms with van der Waals surface area (Å²) < 4.78 is 0. The molecule has 0 radical (unpaired) electrons. The van der Waals surface area contributed by atoms with E-state index in [1.807, 2.05) is 45.0 Å². The summed E-state index contributed by atoms with van der Waals surface area (Å²) in [5.74, 6) is 0.135. The molecule has 2 unspecified atom stereocenters. The number of nitrogens with one attached hydrogen (secondary N) is 2. The van der Waals surface area contributed by atoms with Gasteiger partial charge in [0.15, 0.2) is 5.11 Å². The minimum absolute atomic E-state index is 0.135. The summed E-state index contributed by atoms with van der Waals surface area (Å²) in [7, 11) is 0. The van der Waals surface area contributed by atoms with Gasteiger partial charge in [-0.05, 0) is 68.6 Å². The van der Waals surface area contributed by atoms with Gasteiger partial charge in [0.05, 0.1) is 0 Å². The zero-order valence-electron chi connectivity index (χ0n) is 15.7. The van der Waals surface area contributed by atoms with Crippen LogP contribution < -0.4 is 10.6 Å². The molecule has 6 heteroatoms. The lowest BCUT2D eigenvalue weighted by Gasteiger charge is -2.50. The van der Waals surface area contributed by atoms with Crippen LogP contribution in [-0.4, -0.2) is 34.0 Å². The highest BCUT2D eigenvalue weighted by atomic mass is 35.5. The number of carbonyl (C=O) groups excluding carboxylic acids is 1. The maximum atomic E-state index is 12.4. The molecule has 0 spiro atoms. The van der Waals surface area contributed by atoms with E-state index in [1.54, 1.807) is 0 Å². The third-order valence-electron chi connectivity index (χ3n) is 5.32. The maximum Gasteiger partial charge on any atom is 0.225 e. The third kappa shape index (κ3) is 4.49. The molecule has 1 aromatic carbocycles. The SMILES string of the molecule is CC(C)(C)C(=O)NC1CC2CCCC(C1)N2C(=S)Nc1ccc(Cl)cc1. The Kier molecular flexibility index (Phi) is 5.78. The van der Waals surface area contributed by atoms with Crippen molar-refractivity contribution < 1.29 is 4.79 Å². The Morgan fingerprint density at radius 1 is 1.15 bits per heavy atom. The van der Waals surface area contributed by atoms with Crippen LogP contribution in [0.5, 0.6) is 0 Å². The summed E-state index contributed by atoms with van der Waals surface area (Å²) in [4.78, 5) is 14.7. The normalized spacial score (nSPS) is 25.5. The zero-order chi connectivity index (χ0) is 18.9. The molecule has 2 fully saturated rings. The average molecular weight is 394 g/mol. The largest absolute Gasteiger partial charge is 0.353 e. The minimum atomic E-state index is -0.350. The van der Waals surface area contributed by atoms with Crippen LogP contribution in [0.25, 0.3) is 0 Å². The maximum absolute atomic E-state index is 12.4. The number of thiocarbonyl (C=S) groups is 1. The van der Waals surface area contributed by atoms with Gasteiger partial charge in [-0.25, -0.2) is 0 Å². The number of halogens is 1. The van der Waals surface area contributed by atoms with E-state index in [2.05, 4.69) is 15.5 Å². The minimum Gasteiger partial charge on any atom is -0.353 e. The van der Waals surface area contributed by atoms with Crippen molar-refractivity contribution >= 4 is 40.5 Å². The van der Waals surface area contributed by atoms with Gasteiger partial charge in [0.2, 0.25) is 5.91 Å². The van der Waals surface area contributed by atoms with Gasteiger partial charge < -0.3 is 15.5 Å². The van der Waals surface area contributed by atoms with Crippen molar-refractivity contribution in [2.24, 2.45) is 5.41 Å². The summed E-state index contributed by atoms with van der Waals surface area (Å²) in [6.07, 6.45) is 5.40. The van der Waals surface area contributed by atoms with E-state index in [0.717, 1.165) is 36.5 Å². The van der Waals surface area contributed by atoms with Crippen LogP contribution in [0.15, 0.2) is 24.3 Å². The van der Waals surface area contributed by atoms with Gasteiger partial charge in [0.1, 0.15) is 0 Å². The third-order valence-corrected chi connectivity index (χ3v) is 5.89. The quantitative estimate of drug-likeness (QED) is 0.721. The number of carbonyl (C=O) groups is 1. The van der Waals surface area contributed by atoms with Crippen molar-refractivity contribution in [3.8, 4) is 0 Å². The van der Waals surface area contributed by atoms with Crippen molar-refractivity contribution in [2.45, 2.75) is 71.0 Å². The van der Waals surface area contributed by atoms with Crippen LogP contribution in [-0.2, 0) is 4.79 Å². The second kappa shape index (κ2) is 7.73. The average Bonchev–Trinajstić information content (AvgIpc) is 2.55. The van der Waals surface area contributed by atoms with Crippen molar-refractivity contribution in [1.29, 1.82) is 0 Å². The molecule has 3 rings (SSSR count). The van der Waals surface area contributed by atoms with Gasteiger partial charge in [-0.1, -0.05) is 32.4 Å². The molecule has 0 saturated carbocycles. The number of nitrogens with zero attached hydrogens (tertiary/aromatic N) is 1. The molecule has 2 bridgehead atoms. The first-order valence-corrected chi connectivity index (χ1v) is 10.2. The number of anilines is 1. The summed E-state index contributed by atoms with van der Waals surface area (Å²) in [6, 6.07) is 8.64. The lowest BCUT2D eigenvalue weighted by atomic mass is 9.81. The van der Waals surface area contributed by atoms with Crippen LogP contribution in [0, 0.1) is 5.41 Å². The van der Waals surface area contributed by atoms with Gasteiger partial charge in [-0.15, -0.1) is 0 Å². The number of amides is 1. The Morgan fingerprint density at radius 2 is 1.73 bits per heavy atom. The van der Waals surface area contributed by atoms with Crippen LogP contribution in [0.2, 0.25) is 5.02 Å². The van der Waals surface area contributed by atoms with Crippen molar-refractivity contribution in [2.75, 3.05) is 5.32 Å². The number of hydrogen-bond acceptors (Lipinski definition) is 2. The fourth-order valence-corrected chi connectivity index (χ4v) is 4.50. The van der Waals surface area contributed by atoms with E-state index in [0.29, 0.717) is 17.1 Å². The van der Waals surface area contributed by atoms with E-state index in [4.69, 9.17) is 23.8 Å². The summed E-state index contributed by atoms with van der Waals surface area (Å²) in [6.45, 7) is 5.89. The van der Waals surface area contributed by atoms with Crippen LogP contribution in [0.3, 0.4) is 0 Å². The molecule has 2 heterocycles. The molecule has 2 N–H and O–H groups in total. The second-order valence-corrected chi connectivity index (χ2v) is 9.30. The number of benzene rings is 1. The van der Waals surface area contributed by atoms with Crippen molar-refractivity contribution in [1.82, 2.24) is 10.2 Å². The zero-order valence-corrected chi connectivity index (χ0v) is 17.3. The predicted molar refractivity (Wildman–Crippen MR) is 112 cm³/mol. The van der Waals surface area contributed by atoms with Gasteiger partial charge in [-0.3, -0.25) is 4.79 Å². The molecule has 1 aromatic rings. The molecule has 2 atom stereocenters. The standard InChI is InChI=1S/C20H28ClN3OS/c1-20(2,3)18(25)22-15-11-16-5-4-6-17(12-15)24(16)19(26)23-14-9-7-13(21)8-10-14/h7-10,15-17H,4-6,11-12H2,1-3H3,(H,22,25)(H,23,26). The van der Waals surface area contributed by atoms with Crippen LogP contribution >= 0.6 is 23.8 Å². The van der Waals surface area contributed by atoms with Gasteiger partial charge in [0, 0.05) is 34.3 Å². The predicted octanol–water partition coefficient (Wildman–Crippen LogP) is 4.58. The van der Waals surface area contributed by atoms with E-state index < -0.39 is 0 Å². The molecule has 2 saturated heterocycles. The molecule has 142 valence electrons. The molecule has 26 heavy (non-hydrogen) atoms. The van der Waals surface area contributed by atoms with E-state index >= 15 is 0 Å². The first kappa shape index (κ1) is 19.4. The van der Waals surface area contributed by atoms with Gasteiger partial charge in [0.25, 0.3) is 0 Å². The van der Waals surface area contributed by atoms with E-state index in [9.17, 15) is 4.79 Å². The van der Waals surface area contributed by atoms with E-state index in [1.165, 1.54) is 6.42 Å². The Bertz CT molecular complexity index is 657. The Labute approximate surface area is 166 Å². The van der Waals surface area contributed by atoms with Gasteiger partial charge in [-0.2, -0.15) is 0 Å². The monoisotopic (exact) mass is 393 g/mol. The number of rotatable bonds is 2. The highest BCUT2D eigenvalue weighted by Gasteiger charge is 2.40. The lowest BCUT2D eigenvalue weighted by Crippen LogP contribution is -2.60. The smallest absolute Gasteiger partial charge is 0.225 e. The molecule has 2 aliphatic heterocycles. The molecular weight excluding hydrogens is 366 g/mol. The van der Waals surface area contributed by atoms with Crippen LogP contribution in [0.1, 0.15) is 52.9 Å². The fourth-order valence-electron chi connectivity index (χ4n) is 3.95. The number of hydrogen-bond donors (Lipinski definition) is 2. The van der Waals surface area contributed by atoms with Crippen molar-refractivity contribution in [3.05, 3.63) is 29.3 Å². The topological polar surface area (TPSA) is 44.4 Å². The summed E-state index contributed by atoms with van der Waals surface area (Å²) in [5, 5.41) is 8.11. The van der Waals surface area contributed by atoms with Gasteiger partial charge >= 0.3 is 0 Å². The second-order valence-electron chi connectivity index (χ2n) is 8.47. The molecule has 0 aliphatic carbocycles. The first-order valence-electron chi connectivity index (χ1n) is 9.40. The number of fused-ring (bicyclic) bond motifs is 2. The first-order chi connectivity index (χ1) is 12.2. The Hall–Kier alpha value is -1.33. The Balaban J connectivity index is 1.65. The highest BCUT2D eigenvalue weighted by molar-refractivity contribution is 7.80. The fraction of sp³-hybridized carbons (Fsp3) is 0.600. The van der Waals surface area contributed by atoms with Crippen LogP contribution in [0.4, 0.5) is 5.69 Å². The lowest BCUT2D eigenvalue weighted by molar-refractivity contribution is -0.129. The Morgan fingerprint density at radius 3 is 2.27 bits per heavy atom. The molecule has 4 nitrogen and oxygen atoms in total. The van der Waals surface area contributed by atoms with Crippen molar-refractivity contribution in [3.63, 3.8) is 0 Å². The summed E-state index contributed by atoms with van der Waals surface area (Å²) in [5.41, 5.74) is 0.609. The molecule has 2 aliphatic rings.